The van der Waals surface area contributed by atoms with Gasteiger partial charge in [-0.25, -0.2) is 4.39 Å². The Kier molecular flexibility index (Phi) is 2.51. The number of nitrogens with two attached hydrogens (primary N) is 1. The highest BCUT2D eigenvalue weighted by Gasteiger charge is 2.11. The van der Waals surface area contributed by atoms with Crippen molar-refractivity contribution < 1.29 is 13.9 Å². The topological polar surface area (TPSA) is 52.3 Å². The maximum absolute atomic E-state index is 13.1. The summed E-state index contributed by atoms with van der Waals surface area (Å²) in [6, 6.07) is 2.38. The zero-order valence-corrected chi connectivity index (χ0v) is 7.43. The average Bonchev–Trinajstić information content (AvgIpc) is 2.07. The van der Waals surface area contributed by atoms with Gasteiger partial charge in [0.2, 0.25) is 0 Å². The molecule has 4 heteroatoms. The van der Waals surface area contributed by atoms with E-state index in [-0.39, 0.29) is 22.8 Å². The zero-order valence-electron chi connectivity index (χ0n) is 7.43. The second-order valence-corrected chi connectivity index (χ2v) is 2.63. The summed E-state index contributed by atoms with van der Waals surface area (Å²) in [4.78, 5) is 10.9. The summed E-state index contributed by atoms with van der Waals surface area (Å²) < 4.78 is 17.9. The number of halogens is 1. The molecule has 1 aromatic rings. The van der Waals surface area contributed by atoms with Crippen molar-refractivity contribution in [3.63, 3.8) is 0 Å². The molecule has 3 nitrogen and oxygen atoms in total. The molecule has 0 unspecified atom stereocenters. The highest BCUT2D eigenvalue weighted by molar-refractivity contribution is 5.95. The van der Waals surface area contributed by atoms with E-state index in [9.17, 15) is 9.18 Å². The van der Waals surface area contributed by atoms with E-state index < -0.39 is 5.82 Å². The van der Waals surface area contributed by atoms with Crippen molar-refractivity contribution >= 4 is 11.5 Å². The molecule has 0 aliphatic rings. The number of ketones is 1. The molecule has 0 aliphatic heterocycles. The average molecular weight is 183 g/mol. The Bertz CT molecular complexity index is 350. The molecular weight excluding hydrogens is 173 g/mol. The lowest BCUT2D eigenvalue weighted by Gasteiger charge is -2.06. The van der Waals surface area contributed by atoms with Crippen molar-refractivity contribution in [2.45, 2.75) is 6.92 Å². The summed E-state index contributed by atoms with van der Waals surface area (Å²) in [5, 5.41) is 0. The van der Waals surface area contributed by atoms with E-state index in [1.54, 1.807) is 0 Å². The van der Waals surface area contributed by atoms with Crippen LogP contribution in [0, 0.1) is 5.82 Å². The lowest BCUT2D eigenvalue weighted by molar-refractivity contribution is 0.101. The number of hydrogen-bond donors (Lipinski definition) is 1. The fourth-order valence-corrected chi connectivity index (χ4v) is 1.02. The zero-order chi connectivity index (χ0) is 10.0. The molecule has 0 aromatic heterocycles. The van der Waals surface area contributed by atoms with Gasteiger partial charge in [-0.05, 0) is 13.0 Å². The van der Waals surface area contributed by atoms with Crippen molar-refractivity contribution in [1.82, 2.24) is 0 Å². The smallest absolute Gasteiger partial charge is 0.162 e. The van der Waals surface area contributed by atoms with Crippen molar-refractivity contribution in [3.8, 4) is 5.75 Å². The number of ether oxygens (including phenoxy) is 1. The van der Waals surface area contributed by atoms with Gasteiger partial charge in [0.25, 0.3) is 0 Å². The largest absolute Gasteiger partial charge is 0.494 e. The van der Waals surface area contributed by atoms with Crippen LogP contribution in [-0.2, 0) is 0 Å². The summed E-state index contributed by atoms with van der Waals surface area (Å²) >= 11 is 0. The van der Waals surface area contributed by atoms with Gasteiger partial charge in [0, 0.05) is 6.07 Å². The molecule has 0 saturated carbocycles. The van der Waals surface area contributed by atoms with E-state index in [1.165, 1.54) is 20.1 Å². The molecule has 2 N–H and O–H groups in total. The predicted octanol–water partition coefficient (Wildman–Crippen LogP) is 1.62. The van der Waals surface area contributed by atoms with Gasteiger partial charge in [0.05, 0.1) is 18.4 Å². The molecule has 0 fully saturated rings. The number of benzene rings is 1. The minimum atomic E-state index is -0.612. The lowest BCUT2D eigenvalue weighted by atomic mass is 10.1. The van der Waals surface area contributed by atoms with Crippen LogP contribution in [0.1, 0.15) is 17.3 Å². The van der Waals surface area contributed by atoms with E-state index in [0.717, 1.165) is 6.07 Å². The van der Waals surface area contributed by atoms with E-state index in [0.29, 0.717) is 0 Å². The maximum Gasteiger partial charge on any atom is 0.162 e. The number of rotatable bonds is 2. The third-order valence-corrected chi connectivity index (χ3v) is 1.70. The Morgan fingerprint density at radius 1 is 1.54 bits per heavy atom. The van der Waals surface area contributed by atoms with Gasteiger partial charge >= 0.3 is 0 Å². The Balaban J connectivity index is 3.28. The monoisotopic (exact) mass is 183 g/mol. The van der Waals surface area contributed by atoms with Crippen molar-refractivity contribution in [2.75, 3.05) is 12.8 Å². The predicted molar refractivity (Wildman–Crippen MR) is 47.4 cm³/mol. The molecule has 0 radical (unpaired) electrons. The highest BCUT2D eigenvalue weighted by atomic mass is 19.1. The number of carbonyl (C=O) groups is 1. The van der Waals surface area contributed by atoms with Crippen LogP contribution in [0.3, 0.4) is 0 Å². The van der Waals surface area contributed by atoms with Crippen LogP contribution in [0.25, 0.3) is 0 Å². The number of methoxy groups -OCH3 is 1. The van der Waals surface area contributed by atoms with Gasteiger partial charge in [-0.2, -0.15) is 0 Å². The summed E-state index contributed by atoms with van der Waals surface area (Å²) in [6.45, 7) is 1.28. The molecule has 0 bridgehead atoms. The van der Waals surface area contributed by atoms with Crippen LogP contribution in [0.5, 0.6) is 5.75 Å². The fourth-order valence-electron chi connectivity index (χ4n) is 1.02. The van der Waals surface area contributed by atoms with Crippen molar-refractivity contribution in [1.29, 1.82) is 0 Å². The van der Waals surface area contributed by atoms with Crippen LogP contribution in [0.2, 0.25) is 0 Å². The van der Waals surface area contributed by atoms with E-state index in [4.69, 9.17) is 10.5 Å². The fraction of sp³-hybridized carbons (Fsp3) is 0.222. The third-order valence-electron chi connectivity index (χ3n) is 1.70. The Morgan fingerprint density at radius 2 is 2.15 bits per heavy atom. The third kappa shape index (κ3) is 1.77. The number of Topliss-reactive ketones (excluding diaryl/α,β-unsaturated/α-hetero) is 1. The molecule has 0 heterocycles. The van der Waals surface area contributed by atoms with Gasteiger partial charge in [0.1, 0.15) is 11.6 Å². The molecule has 1 aromatic carbocycles. The van der Waals surface area contributed by atoms with Gasteiger partial charge in [-0.1, -0.05) is 0 Å². The van der Waals surface area contributed by atoms with Crippen LogP contribution in [-0.4, -0.2) is 12.9 Å². The second-order valence-electron chi connectivity index (χ2n) is 2.63. The second kappa shape index (κ2) is 3.43. The summed E-state index contributed by atoms with van der Waals surface area (Å²) in [6.07, 6.45) is 0. The van der Waals surface area contributed by atoms with Gasteiger partial charge in [-0.3, -0.25) is 4.79 Å². The standard InChI is InChI=1S/C9H10FNO2/c1-5(12)6-3-8(11)9(13-2)4-7(6)10/h3-4H,11H2,1-2H3. The quantitative estimate of drug-likeness (QED) is 0.560. The molecule has 0 spiro atoms. The van der Waals surface area contributed by atoms with Gasteiger partial charge in [-0.15, -0.1) is 0 Å². The Morgan fingerprint density at radius 3 is 2.62 bits per heavy atom. The molecule has 0 atom stereocenters. The van der Waals surface area contributed by atoms with Gasteiger partial charge < -0.3 is 10.5 Å². The number of nitrogen functional groups attached to an aromatic ring is 1. The number of hydrogen-bond acceptors (Lipinski definition) is 3. The van der Waals surface area contributed by atoms with Crippen LogP contribution in [0.15, 0.2) is 12.1 Å². The normalized spacial score (nSPS) is 9.77. The molecule has 13 heavy (non-hydrogen) atoms. The van der Waals surface area contributed by atoms with Crippen LogP contribution in [0.4, 0.5) is 10.1 Å². The first-order chi connectivity index (χ1) is 6.06. The van der Waals surface area contributed by atoms with E-state index in [2.05, 4.69) is 0 Å². The molecule has 0 saturated heterocycles. The first-order valence-electron chi connectivity index (χ1n) is 3.70. The molecule has 0 amide bonds. The van der Waals surface area contributed by atoms with Gasteiger partial charge in [0.15, 0.2) is 5.78 Å². The number of carbonyl (C=O) groups excluding carboxylic acids is 1. The molecule has 1 rings (SSSR count). The highest BCUT2D eigenvalue weighted by Crippen LogP contribution is 2.24. The summed E-state index contributed by atoms with van der Waals surface area (Å²) in [5.41, 5.74) is 5.74. The SMILES string of the molecule is COc1cc(F)c(C(C)=O)cc1N. The van der Waals surface area contributed by atoms with Crippen molar-refractivity contribution in [3.05, 3.63) is 23.5 Å². The molecule has 0 aliphatic carbocycles. The minimum absolute atomic E-state index is 0.0155. The lowest BCUT2D eigenvalue weighted by Crippen LogP contribution is -2.01. The number of anilines is 1. The minimum Gasteiger partial charge on any atom is -0.494 e. The van der Waals surface area contributed by atoms with Crippen LogP contribution < -0.4 is 10.5 Å². The molecular formula is C9H10FNO2. The first kappa shape index (κ1) is 9.51. The maximum atomic E-state index is 13.1. The summed E-state index contributed by atoms with van der Waals surface area (Å²) in [7, 11) is 1.39. The Hall–Kier alpha value is -1.58. The van der Waals surface area contributed by atoms with Crippen LogP contribution >= 0.6 is 0 Å². The molecule has 70 valence electrons. The Labute approximate surface area is 75.3 Å². The van der Waals surface area contributed by atoms with E-state index in [1.807, 2.05) is 0 Å². The van der Waals surface area contributed by atoms with E-state index >= 15 is 0 Å². The van der Waals surface area contributed by atoms with Crippen molar-refractivity contribution in [2.24, 2.45) is 0 Å². The first-order valence-corrected chi connectivity index (χ1v) is 3.70. The summed E-state index contributed by atoms with van der Waals surface area (Å²) in [5.74, 6) is -0.729.